The van der Waals surface area contributed by atoms with Crippen LogP contribution in [0.1, 0.15) is 11.1 Å². The number of ether oxygens (including phenoxy) is 1. The number of carbonyl (C=O) groups excluding carboxylic acids is 1. The summed E-state index contributed by atoms with van der Waals surface area (Å²) in [4.78, 5) is 12.3. The molecular formula is C17H10Br2FNO2S2. The SMILES string of the molecule is O=C1NC(=S)S/C1=C/c1cc(Br)c(OCc2ccc(F)cc2)c(Br)c1. The molecule has 0 radical (unpaired) electrons. The fourth-order valence-electron chi connectivity index (χ4n) is 2.11. The minimum atomic E-state index is -0.281. The van der Waals surface area contributed by atoms with E-state index in [0.717, 1.165) is 20.1 Å². The van der Waals surface area contributed by atoms with E-state index in [4.69, 9.17) is 17.0 Å². The van der Waals surface area contributed by atoms with Crippen molar-refractivity contribution in [2.75, 3.05) is 0 Å². The number of rotatable bonds is 4. The van der Waals surface area contributed by atoms with E-state index in [-0.39, 0.29) is 11.7 Å². The summed E-state index contributed by atoms with van der Waals surface area (Å²) in [5.74, 6) is 0.154. The Morgan fingerprint density at radius 1 is 1.20 bits per heavy atom. The van der Waals surface area contributed by atoms with Gasteiger partial charge in [0.1, 0.15) is 22.5 Å². The molecule has 0 unspecified atom stereocenters. The van der Waals surface area contributed by atoms with E-state index in [1.807, 2.05) is 12.1 Å². The number of hydrogen-bond donors (Lipinski definition) is 1. The zero-order chi connectivity index (χ0) is 18.0. The lowest BCUT2D eigenvalue weighted by Gasteiger charge is -2.11. The lowest BCUT2D eigenvalue weighted by Crippen LogP contribution is -2.17. The van der Waals surface area contributed by atoms with Crippen molar-refractivity contribution in [2.45, 2.75) is 6.61 Å². The van der Waals surface area contributed by atoms with Gasteiger partial charge in [-0.25, -0.2) is 4.39 Å². The molecule has 0 aromatic heterocycles. The van der Waals surface area contributed by atoms with Crippen molar-refractivity contribution in [3.8, 4) is 5.75 Å². The molecule has 3 rings (SSSR count). The molecule has 0 spiro atoms. The Kier molecular flexibility index (Phi) is 5.93. The summed E-state index contributed by atoms with van der Waals surface area (Å²) in [6.45, 7) is 0.310. The van der Waals surface area contributed by atoms with Gasteiger partial charge in [-0.15, -0.1) is 0 Å². The van der Waals surface area contributed by atoms with E-state index in [1.54, 1.807) is 18.2 Å². The average molecular weight is 503 g/mol. The Morgan fingerprint density at radius 3 is 2.40 bits per heavy atom. The monoisotopic (exact) mass is 501 g/mol. The molecule has 0 bridgehead atoms. The highest BCUT2D eigenvalue weighted by Gasteiger charge is 2.22. The van der Waals surface area contributed by atoms with E-state index in [1.165, 1.54) is 23.9 Å². The summed E-state index contributed by atoms with van der Waals surface area (Å²) in [5.41, 5.74) is 1.69. The predicted molar refractivity (Wildman–Crippen MR) is 109 cm³/mol. The molecule has 1 aliphatic rings. The summed E-state index contributed by atoms with van der Waals surface area (Å²) in [6.07, 6.45) is 1.76. The van der Waals surface area contributed by atoms with Crippen LogP contribution in [0.2, 0.25) is 0 Å². The quantitative estimate of drug-likeness (QED) is 0.447. The van der Waals surface area contributed by atoms with Gasteiger partial charge in [0.2, 0.25) is 0 Å². The minimum Gasteiger partial charge on any atom is -0.487 e. The van der Waals surface area contributed by atoms with Crippen LogP contribution in [0.4, 0.5) is 4.39 Å². The highest BCUT2D eigenvalue weighted by Crippen LogP contribution is 2.37. The molecule has 2 aromatic carbocycles. The molecule has 2 aromatic rings. The third-order valence-electron chi connectivity index (χ3n) is 3.26. The van der Waals surface area contributed by atoms with Crippen LogP contribution >= 0.6 is 55.8 Å². The molecule has 3 nitrogen and oxygen atoms in total. The molecule has 25 heavy (non-hydrogen) atoms. The second-order valence-electron chi connectivity index (χ2n) is 5.08. The standard InChI is InChI=1S/C17H10Br2FNO2S2/c18-12-5-10(7-14-16(22)21-17(24)25-14)6-13(19)15(12)23-8-9-1-3-11(20)4-2-9/h1-7H,8H2,(H,21,22,24)/b14-7+. The lowest BCUT2D eigenvalue weighted by atomic mass is 10.2. The Balaban J connectivity index is 1.78. The molecule has 0 saturated carbocycles. The van der Waals surface area contributed by atoms with Crippen LogP contribution in [0.5, 0.6) is 5.75 Å². The van der Waals surface area contributed by atoms with Gasteiger partial charge in [-0.1, -0.05) is 36.1 Å². The van der Waals surface area contributed by atoms with Crippen molar-refractivity contribution in [2.24, 2.45) is 0 Å². The zero-order valence-electron chi connectivity index (χ0n) is 12.5. The molecule has 128 valence electrons. The Labute approximate surface area is 170 Å². The van der Waals surface area contributed by atoms with Gasteiger partial charge in [0.05, 0.1) is 13.9 Å². The van der Waals surface area contributed by atoms with Crippen molar-refractivity contribution < 1.29 is 13.9 Å². The fourth-order valence-corrected chi connectivity index (χ4v) is 4.60. The largest absolute Gasteiger partial charge is 0.487 e. The second kappa shape index (κ2) is 7.99. The van der Waals surface area contributed by atoms with Gasteiger partial charge in [-0.05, 0) is 73.3 Å². The Bertz CT molecular complexity index is 862. The van der Waals surface area contributed by atoms with Gasteiger partial charge >= 0.3 is 0 Å². The number of nitrogens with one attached hydrogen (secondary N) is 1. The summed E-state index contributed by atoms with van der Waals surface area (Å²) in [6, 6.07) is 9.85. The number of benzene rings is 2. The predicted octanol–water partition coefficient (Wildman–Crippen LogP) is 5.42. The first-order valence-electron chi connectivity index (χ1n) is 7.03. The van der Waals surface area contributed by atoms with Gasteiger partial charge in [0.15, 0.2) is 0 Å². The molecular weight excluding hydrogens is 493 g/mol. The van der Waals surface area contributed by atoms with Crippen LogP contribution < -0.4 is 10.1 Å². The van der Waals surface area contributed by atoms with Gasteiger partial charge in [-0.3, -0.25) is 4.79 Å². The van der Waals surface area contributed by atoms with Crippen LogP contribution in [0.25, 0.3) is 6.08 Å². The Morgan fingerprint density at radius 2 is 1.84 bits per heavy atom. The third kappa shape index (κ3) is 4.69. The van der Waals surface area contributed by atoms with Crippen molar-refractivity contribution >= 4 is 72.1 Å². The summed E-state index contributed by atoms with van der Waals surface area (Å²) >= 11 is 13.2. The number of carbonyl (C=O) groups is 1. The number of halogens is 3. The highest BCUT2D eigenvalue weighted by atomic mass is 79.9. The van der Waals surface area contributed by atoms with Gasteiger partial charge in [0, 0.05) is 0 Å². The van der Waals surface area contributed by atoms with Crippen molar-refractivity contribution in [1.82, 2.24) is 5.32 Å². The molecule has 0 atom stereocenters. The highest BCUT2D eigenvalue weighted by molar-refractivity contribution is 9.11. The van der Waals surface area contributed by atoms with E-state index < -0.39 is 0 Å². The average Bonchev–Trinajstić information content (AvgIpc) is 2.86. The van der Waals surface area contributed by atoms with E-state index >= 15 is 0 Å². The molecule has 1 amide bonds. The maximum atomic E-state index is 12.9. The number of hydrogen-bond acceptors (Lipinski definition) is 4. The molecule has 1 saturated heterocycles. The van der Waals surface area contributed by atoms with Crippen LogP contribution in [-0.4, -0.2) is 10.2 Å². The fraction of sp³-hybridized carbons (Fsp3) is 0.0588. The van der Waals surface area contributed by atoms with E-state index in [2.05, 4.69) is 37.2 Å². The van der Waals surface area contributed by atoms with Crippen LogP contribution in [0, 0.1) is 5.82 Å². The number of thiocarbonyl (C=S) groups is 1. The molecule has 1 fully saturated rings. The molecule has 0 aliphatic carbocycles. The summed E-state index contributed by atoms with van der Waals surface area (Å²) in [7, 11) is 0. The molecule has 1 heterocycles. The maximum absolute atomic E-state index is 12.9. The minimum absolute atomic E-state index is 0.195. The first-order chi connectivity index (χ1) is 11.9. The van der Waals surface area contributed by atoms with Crippen molar-refractivity contribution in [3.63, 3.8) is 0 Å². The third-order valence-corrected chi connectivity index (χ3v) is 5.60. The van der Waals surface area contributed by atoms with Crippen LogP contribution in [0.15, 0.2) is 50.2 Å². The lowest BCUT2D eigenvalue weighted by molar-refractivity contribution is -0.115. The zero-order valence-corrected chi connectivity index (χ0v) is 17.3. The number of amides is 1. The van der Waals surface area contributed by atoms with E-state index in [0.29, 0.717) is 21.6 Å². The van der Waals surface area contributed by atoms with Gasteiger partial charge in [0.25, 0.3) is 5.91 Å². The maximum Gasteiger partial charge on any atom is 0.263 e. The first kappa shape index (κ1) is 18.6. The second-order valence-corrected chi connectivity index (χ2v) is 8.51. The topological polar surface area (TPSA) is 38.3 Å². The number of thioether (sulfide) groups is 1. The Hall–Kier alpha value is -1.22. The van der Waals surface area contributed by atoms with Crippen molar-refractivity contribution in [3.05, 3.63) is 67.2 Å². The summed E-state index contributed by atoms with van der Waals surface area (Å²) < 4.78 is 20.7. The van der Waals surface area contributed by atoms with Crippen molar-refractivity contribution in [1.29, 1.82) is 0 Å². The molecule has 1 N–H and O–H groups in total. The smallest absolute Gasteiger partial charge is 0.263 e. The summed E-state index contributed by atoms with van der Waals surface area (Å²) in [5, 5.41) is 2.58. The van der Waals surface area contributed by atoms with Crippen LogP contribution in [-0.2, 0) is 11.4 Å². The van der Waals surface area contributed by atoms with Gasteiger partial charge < -0.3 is 10.1 Å². The van der Waals surface area contributed by atoms with Gasteiger partial charge in [-0.2, -0.15) is 0 Å². The molecule has 8 heteroatoms. The molecule has 1 aliphatic heterocycles. The van der Waals surface area contributed by atoms with Crippen LogP contribution in [0.3, 0.4) is 0 Å². The van der Waals surface area contributed by atoms with E-state index in [9.17, 15) is 9.18 Å². The normalized spacial score (nSPS) is 15.6. The first-order valence-corrected chi connectivity index (χ1v) is 9.84.